The van der Waals surface area contributed by atoms with E-state index in [1.54, 1.807) is 0 Å². The van der Waals surface area contributed by atoms with Crippen LogP contribution >= 0.6 is 12.2 Å². The third-order valence-electron chi connectivity index (χ3n) is 2.96. The maximum Gasteiger partial charge on any atom is 0.226 e. The normalized spacial score (nSPS) is 10.9. The van der Waals surface area contributed by atoms with Gasteiger partial charge in [0.15, 0.2) is 0 Å². The monoisotopic (exact) mass is 274 g/mol. The van der Waals surface area contributed by atoms with Gasteiger partial charge in [-0.25, -0.2) is 9.97 Å². The largest absolute Gasteiger partial charge is 0.393 e. The minimum atomic E-state index is 0.301. The van der Waals surface area contributed by atoms with Crippen molar-refractivity contribution in [3.63, 3.8) is 0 Å². The summed E-state index contributed by atoms with van der Waals surface area (Å²) in [4.78, 5) is 11.7. The van der Waals surface area contributed by atoms with Crippen molar-refractivity contribution in [2.75, 3.05) is 11.4 Å². The van der Waals surface area contributed by atoms with Gasteiger partial charge < -0.3 is 10.6 Å². The molecule has 0 radical (unpaired) electrons. The highest BCUT2D eigenvalue weighted by Gasteiger charge is 2.13. The molecule has 0 aliphatic rings. The summed E-state index contributed by atoms with van der Waals surface area (Å²) in [6, 6.07) is 8.27. The predicted octanol–water partition coefficient (Wildman–Crippen LogP) is 2.52. The van der Waals surface area contributed by atoms with Gasteiger partial charge in [-0.3, -0.25) is 0 Å². The minimum Gasteiger partial charge on any atom is -0.393 e. The molecule has 2 rings (SSSR count). The minimum absolute atomic E-state index is 0.301. The van der Waals surface area contributed by atoms with Crippen LogP contribution in [-0.2, 0) is 0 Å². The van der Waals surface area contributed by atoms with Crippen LogP contribution in [0.5, 0.6) is 0 Å². The maximum atomic E-state index is 5.57. The lowest BCUT2D eigenvalue weighted by Crippen LogP contribution is -2.35. The molecule has 0 amide bonds. The molecule has 0 fully saturated rings. The summed E-state index contributed by atoms with van der Waals surface area (Å²) in [5, 5.41) is 1.05. The van der Waals surface area contributed by atoms with Crippen molar-refractivity contribution < 1.29 is 0 Å². The summed E-state index contributed by atoms with van der Waals surface area (Å²) in [6.07, 6.45) is 2.53. The summed E-state index contributed by atoms with van der Waals surface area (Å²) in [5.74, 6) is 0.727. The Labute approximate surface area is 118 Å². The fourth-order valence-corrected chi connectivity index (χ4v) is 2.01. The van der Waals surface area contributed by atoms with Gasteiger partial charge in [0.1, 0.15) is 0 Å². The molecule has 0 atom stereocenters. The quantitative estimate of drug-likeness (QED) is 0.849. The van der Waals surface area contributed by atoms with E-state index in [2.05, 4.69) is 28.7 Å². The number of rotatable bonds is 5. The second kappa shape index (κ2) is 5.93. The van der Waals surface area contributed by atoms with Crippen LogP contribution in [0.15, 0.2) is 30.5 Å². The molecule has 1 aromatic carbocycles. The molecule has 4 nitrogen and oxygen atoms in total. The SMILES string of the molecule is CC(C)N(CCC(N)=S)c1ncc2ccccc2n1. The molecule has 0 aliphatic heterocycles. The Bertz CT molecular complexity index is 582. The zero-order chi connectivity index (χ0) is 13.8. The average Bonchev–Trinajstić information content (AvgIpc) is 2.38. The molecule has 1 heterocycles. The van der Waals surface area contributed by atoms with Crippen molar-refractivity contribution in [3.05, 3.63) is 30.5 Å². The Kier molecular flexibility index (Phi) is 4.27. The third kappa shape index (κ3) is 3.38. The standard InChI is InChI=1S/C14H18N4S/c1-10(2)18(8-7-13(15)19)14-16-9-11-5-3-4-6-12(11)17-14/h3-6,9-10H,7-8H2,1-2H3,(H2,15,19). The van der Waals surface area contributed by atoms with E-state index in [-0.39, 0.29) is 0 Å². The van der Waals surface area contributed by atoms with Crippen molar-refractivity contribution in [2.45, 2.75) is 26.3 Å². The van der Waals surface area contributed by atoms with E-state index in [0.717, 1.165) is 23.4 Å². The smallest absolute Gasteiger partial charge is 0.226 e. The number of aromatic nitrogens is 2. The molecule has 0 saturated carbocycles. The Morgan fingerprint density at radius 3 is 2.79 bits per heavy atom. The van der Waals surface area contributed by atoms with Crippen LogP contribution in [0.2, 0.25) is 0 Å². The first-order valence-corrected chi connectivity index (χ1v) is 6.75. The average molecular weight is 274 g/mol. The number of anilines is 1. The van der Waals surface area contributed by atoms with E-state index < -0.39 is 0 Å². The van der Waals surface area contributed by atoms with Crippen molar-refractivity contribution in [3.8, 4) is 0 Å². The van der Waals surface area contributed by atoms with Crippen molar-refractivity contribution in [1.82, 2.24) is 9.97 Å². The summed E-state index contributed by atoms with van der Waals surface area (Å²) in [5.41, 5.74) is 6.53. The number of fused-ring (bicyclic) bond motifs is 1. The van der Waals surface area contributed by atoms with E-state index >= 15 is 0 Å². The van der Waals surface area contributed by atoms with Crippen LogP contribution in [-0.4, -0.2) is 27.5 Å². The van der Waals surface area contributed by atoms with Crippen molar-refractivity contribution >= 4 is 34.1 Å². The van der Waals surface area contributed by atoms with Crippen LogP contribution in [0.25, 0.3) is 10.9 Å². The second-order valence-electron chi connectivity index (χ2n) is 4.73. The van der Waals surface area contributed by atoms with E-state index in [4.69, 9.17) is 18.0 Å². The molecule has 19 heavy (non-hydrogen) atoms. The molecular weight excluding hydrogens is 256 g/mol. The zero-order valence-electron chi connectivity index (χ0n) is 11.2. The predicted molar refractivity (Wildman–Crippen MR) is 83.4 cm³/mol. The van der Waals surface area contributed by atoms with Crippen molar-refractivity contribution in [1.29, 1.82) is 0 Å². The van der Waals surface area contributed by atoms with Gasteiger partial charge in [-0.15, -0.1) is 0 Å². The van der Waals surface area contributed by atoms with Gasteiger partial charge in [-0.2, -0.15) is 0 Å². The molecule has 100 valence electrons. The van der Waals surface area contributed by atoms with Gasteiger partial charge in [-0.1, -0.05) is 30.4 Å². The number of benzene rings is 1. The number of nitrogens with two attached hydrogens (primary N) is 1. The fraction of sp³-hybridized carbons (Fsp3) is 0.357. The van der Waals surface area contributed by atoms with Gasteiger partial charge >= 0.3 is 0 Å². The van der Waals surface area contributed by atoms with Crippen LogP contribution in [0.3, 0.4) is 0 Å². The molecule has 2 aromatic rings. The second-order valence-corrected chi connectivity index (χ2v) is 5.26. The van der Waals surface area contributed by atoms with Crippen molar-refractivity contribution in [2.24, 2.45) is 5.73 Å². The first-order valence-electron chi connectivity index (χ1n) is 6.34. The van der Waals surface area contributed by atoms with E-state index in [0.29, 0.717) is 17.5 Å². The fourth-order valence-electron chi connectivity index (χ4n) is 1.92. The van der Waals surface area contributed by atoms with Crippen LogP contribution < -0.4 is 10.6 Å². The van der Waals surface area contributed by atoms with Crippen LogP contribution in [0.4, 0.5) is 5.95 Å². The third-order valence-corrected chi connectivity index (χ3v) is 3.16. The molecule has 0 unspecified atom stereocenters. The Morgan fingerprint density at radius 1 is 1.37 bits per heavy atom. The lowest BCUT2D eigenvalue weighted by atomic mass is 10.2. The van der Waals surface area contributed by atoms with E-state index in [1.807, 2.05) is 30.5 Å². The summed E-state index contributed by atoms with van der Waals surface area (Å²) in [6.45, 7) is 4.96. The summed E-state index contributed by atoms with van der Waals surface area (Å²) >= 11 is 4.94. The maximum absolute atomic E-state index is 5.57. The Morgan fingerprint density at radius 2 is 2.11 bits per heavy atom. The topological polar surface area (TPSA) is 55.0 Å². The number of thiocarbonyl (C=S) groups is 1. The summed E-state index contributed by atoms with van der Waals surface area (Å²) in [7, 11) is 0. The molecule has 0 bridgehead atoms. The first kappa shape index (κ1) is 13.7. The first-order chi connectivity index (χ1) is 9.08. The molecule has 2 N–H and O–H groups in total. The van der Waals surface area contributed by atoms with E-state index in [1.165, 1.54) is 0 Å². The molecule has 0 saturated heterocycles. The van der Waals surface area contributed by atoms with Gasteiger partial charge in [0.25, 0.3) is 0 Å². The number of hydrogen-bond donors (Lipinski definition) is 1. The number of nitrogens with zero attached hydrogens (tertiary/aromatic N) is 3. The van der Waals surface area contributed by atoms with Gasteiger partial charge in [-0.05, 0) is 19.9 Å². The molecule has 1 aromatic heterocycles. The molecular formula is C14H18N4S. The zero-order valence-corrected chi connectivity index (χ0v) is 12.0. The number of hydrogen-bond acceptors (Lipinski definition) is 4. The highest BCUT2D eigenvalue weighted by Crippen LogP contribution is 2.16. The highest BCUT2D eigenvalue weighted by molar-refractivity contribution is 7.80. The lowest BCUT2D eigenvalue weighted by Gasteiger charge is -2.26. The van der Waals surface area contributed by atoms with Gasteiger partial charge in [0, 0.05) is 30.6 Å². The van der Waals surface area contributed by atoms with Crippen LogP contribution in [0.1, 0.15) is 20.3 Å². The van der Waals surface area contributed by atoms with Gasteiger partial charge in [0.05, 0.1) is 10.5 Å². The van der Waals surface area contributed by atoms with E-state index in [9.17, 15) is 0 Å². The lowest BCUT2D eigenvalue weighted by molar-refractivity contribution is 0.671. The molecule has 0 aliphatic carbocycles. The van der Waals surface area contributed by atoms with Crippen LogP contribution in [0, 0.1) is 0 Å². The summed E-state index contributed by atoms with van der Waals surface area (Å²) < 4.78 is 0. The highest BCUT2D eigenvalue weighted by atomic mass is 32.1. The Balaban J connectivity index is 2.30. The molecule has 5 heteroatoms. The molecule has 0 spiro atoms. The number of para-hydroxylation sites is 1. The van der Waals surface area contributed by atoms with Gasteiger partial charge in [0.2, 0.25) is 5.95 Å². The Hall–Kier alpha value is -1.75.